The van der Waals surface area contributed by atoms with Crippen LogP contribution < -0.4 is 10.5 Å². The highest BCUT2D eigenvalue weighted by Crippen LogP contribution is 2.46. The standard InChI is InChI=1S/C25H20N2O4S/c1-30-19-12-8-11-18(15-19)22-21(16-26)25(27)31-23(17-9-4-2-5-10-17)24(22)32(28,29)20-13-6-3-7-14-20/h2-15,22H,27H2,1H3/t22-/m1/s1. The quantitative estimate of drug-likeness (QED) is 0.628. The summed E-state index contributed by atoms with van der Waals surface area (Å²) in [7, 11) is -2.55. The Morgan fingerprint density at radius 2 is 1.62 bits per heavy atom. The predicted octanol–water partition coefficient (Wildman–Crippen LogP) is 4.35. The van der Waals surface area contributed by atoms with E-state index in [1.807, 2.05) is 6.07 Å². The molecule has 0 saturated carbocycles. The van der Waals surface area contributed by atoms with Crippen LogP contribution in [0.15, 0.2) is 106 Å². The van der Waals surface area contributed by atoms with Crippen LogP contribution in [0.2, 0.25) is 0 Å². The van der Waals surface area contributed by atoms with E-state index in [0.29, 0.717) is 16.9 Å². The Kier molecular flexibility index (Phi) is 5.71. The first-order chi connectivity index (χ1) is 15.5. The van der Waals surface area contributed by atoms with Crippen molar-refractivity contribution in [2.24, 2.45) is 5.73 Å². The molecule has 1 atom stereocenters. The lowest BCUT2D eigenvalue weighted by molar-refractivity contribution is 0.358. The van der Waals surface area contributed by atoms with Crippen molar-refractivity contribution in [3.8, 4) is 11.8 Å². The van der Waals surface area contributed by atoms with E-state index in [0.717, 1.165) is 0 Å². The number of nitrogens with zero attached hydrogens (tertiary/aromatic N) is 1. The summed E-state index contributed by atoms with van der Waals surface area (Å²) >= 11 is 0. The zero-order chi connectivity index (χ0) is 22.7. The number of methoxy groups -OCH3 is 1. The third-order valence-electron chi connectivity index (χ3n) is 5.18. The van der Waals surface area contributed by atoms with E-state index in [4.69, 9.17) is 15.2 Å². The van der Waals surface area contributed by atoms with Gasteiger partial charge in [0.25, 0.3) is 0 Å². The fraction of sp³-hybridized carbons (Fsp3) is 0.0800. The van der Waals surface area contributed by atoms with Crippen molar-refractivity contribution in [1.29, 1.82) is 5.26 Å². The SMILES string of the molecule is COc1cccc([C@@H]2C(C#N)=C(N)OC(c3ccccc3)=C2S(=O)(=O)c2ccccc2)c1. The lowest BCUT2D eigenvalue weighted by Crippen LogP contribution is -2.25. The van der Waals surface area contributed by atoms with E-state index >= 15 is 0 Å². The fourth-order valence-corrected chi connectivity index (χ4v) is 5.41. The molecule has 7 heteroatoms. The lowest BCUT2D eigenvalue weighted by atomic mass is 9.88. The highest BCUT2D eigenvalue weighted by atomic mass is 32.2. The molecule has 0 aliphatic carbocycles. The molecule has 32 heavy (non-hydrogen) atoms. The minimum absolute atomic E-state index is 0.0208. The highest BCUT2D eigenvalue weighted by Gasteiger charge is 2.41. The van der Waals surface area contributed by atoms with Crippen molar-refractivity contribution in [2.45, 2.75) is 10.8 Å². The van der Waals surface area contributed by atoms with Gasteiger partial charge in [0, 0.05) is 5.56 Å². The number of allylic oxidation sites excluding steroid dienone is 2. The van der Waals surface area contributed by atoms with Crippen molar-refractivity contribution in [2.75, 3.05) is 7.11 Å². The van der Waals surface area contributed by atoms with Gasteiger partial charge in [-0.25, -0.2) is 8.42 Å². The van der Waals surface area contributed by atoms with Gasteiger partial charge < -0.3 is 15.2 Å². The maximum atomic E-state index is 13.9. The molecule has 1 heterocycles. The maximum Gasteiger partial charge on any atom is 0.207 e. The van der Waals surface area contributed by atoms with Crippen LogP contribution in [0.1, 0.15) is 17.0 Å². The Labute approximate surface area is 186 Å². The Morgan fingerprint density at radius 1 is 0.969 bits per heavy atom. The molecule has 0 fully saturated rings. The first kappa shape index (κ1) is 21.2. The second-order valence-corrected chi connectivity index (χ2v) is 9.00. The van der Waals surface area contributed by atoms with E-state index in [-0.39, 0.29) is 27.0 Å². The van der Waals surface area contributed by atoms with Gasteiger partial charge in [0.2, 0.25) is 15.7 Å². The normalized spacial score (nSPS) is 16.3. The monoisotopic (exact) mass is 444 g/mol. The van der Waals surface area contributed by atoms with E-state index < -0.39 is 15.8 Å². The van der Waals surface area contributed by atoms with Crippen molar-refractivity contribution in [3.05, 3.63) is 112 Å². The lowest BCUT2D eigenvalue weighted by Gasteiger charge is -2.29. The van der Waals surface area contributed by atoms with Gasteiger partial charge in [-0.15, -0.1) is 0 Å². The maximum absolute atomic E-state index is 13.9. The molecule has 0 bridgehead atoms. The number of rotatable bonds is 5. The fourth-order valence-electron chi connectivity index (χ4n) is 3.67. The van der Waals surface area contributed by atoms with Crippen LogP contribution in [0.3, 0.4) is 0 Å². The Morgan fingerprint density at radius 3 is 2.25 bits per heavy atom. The number of hydrogen-bond acceptors (Lipinski definition) is 6. The predicted molar refractivity (Wildman–Crippen MR) is 121 cm³/mol. The Hall–Kier alpha value is -4.02. The van der Waals surface area contributed by atoms with Crippen LogP contribution in [-0.4, -0.2) is 15.5 Å². The van der Waals surface area contributed by atoms with Crippen LogP contribution in [0.4, 0.5) is 0 Å². The van der Waals surface area contributed by atoms with E-state index in [2.05, 4.69) is 6.07 Å². The molecule has 0 amide bonds. The van der Waals surface area contributed by atoms with Crippen molar-refractivity contribution in [3.63, 3.8) is 0 Å². The summed E-state index contributed by atoms with van der Waals surface area (Å²) in [5, 5.41) is 9.91. The number of nitrogens with two attached hydrogens (primary N) is 1. The van der Waals surface area contributed by atoms with Gasteiger partial charge in [0.1, 0.15) is 22.3 Å². The van der Waals surface area contributed by atoms with E-state index in [1.54, 1.807) is 66.7 Å². The molecular weight excluding hydrogens is 424 g/mol. The van der Waals surface area contributed by atoms with Gasteiger partial charge in [0.05, 0.1) is 17.9 Å². The summed E-state index contributed by atoms with van der Waals surface area (Å²) < 4.78 is 39.0. The second-order valence-electron chi connectivity index (χ2n) is 7.08. The molecule has 0 saturated heterocycles. The van der Waals surface area contributed by atoms with E-state index in [9.17, 15) is 13.7 Å². The van der Waals surface area contributed by atoms with Gasteiger partial charge in [-0.2, -0.15) is 5.26 Å². The molecule has 3 aromatic carbocycles. The second kappa shape index (κ2) is 8.61. The molecule has 0 radical (unpaired) electrons. The van der Waals surface area contributed by atoms with Crippen LogP contribution in [-0.2, 0) is 14.6 Å². The van der Waals surface area contributed by atoms with Crippen LogP contribution in [0.5, 0.6) is 5.75 Å². The zero-order valence-electron chi connectivity index (χ0n) is 17.2. The van der Waals surface area contributed by atoms with Gasteiger partial charge in [-0.05, 0) is 29.8 Å². The number of hydrogen-bond donors (Lipinski definition) is 1. The van der Waals surface area contributed by atoms with Gasteiger partial charge in [-0.1, -0.05) is 60.7 Å². The Bertz CT molecular complexity index is 1360. The zero-order valence-corrected chi connectivity index (χ0v) is 18.0. The van der Waals surface area contributed by atoms with Crippen molar-refractivity contribution < 1.29 is 17.9 Å². The topological polar surface area (TPSA) is 102 Å². The summed E-state index contributed by atoms with van der Waals surface area (Å²) in [6.45, 7) is 0. The largest absolute Gasteiger partial charge is 0.497 e. The molecule has 0 aromatic heterocycles. The van der Waals surface area contributed by atoms with Crippen LogP contribution in [0.25, 0.3) is 5.76 Å². The van der Waals surface area contributed by atoms with Crippen LogP contribution >= 0.6 is 0 Å². The molecular formula is C25H20N2O4S. The molecule has 2 N–H and O–H groups in total. The third-order valence-corrected chi connectivity index (χ3v) is 7.07. The molecule has 1 aliphatic rings. The summed E-state index contributed by atoms with van der Waals surface area (Å²) in [5.41, 5.74) is 7.24. The molecule has 3 aromatic rings. The average molecular weight is 445 g/mol. The number of ether oxygens (including phenoxy) is 2. The molecule has 1 aliphatic heterocycles. The summed E-state index contributed by atoms with van der Waals surface area (Å²) in [5.74, 6) is -0.475. The van der Waals surface area contributed by atoms with Crippen molar-refractivity contribution >= 4 is 15.6 Å². The Balaban J connectivity index is 2.08. The van der Waals surface area contributed by atoms with E-state index in [1.165, 1.54) is 19.2 Å². The molecule has 0 spiro atoms. The minimum Gasteiger partial charge on any atom is -0.497 e. The minimum atomic E-state index is -4.07. The third kappa shape index (κ3) is 3.72. The van der Waals surface area contributed by atoms with Crippen molar-refractivity contribution in [1.82, 2.24) is 0 Å². The molecule has 0 unspecified atom stereocenters. The molecule has 6 nitrogen and oxygen atoms in total. The summed E-state index contributed by atoms with van der Waals surface area (Å²) in [6, 6.07) is 25.9. The van der Waals surface area contributed by atoms with Gasteiger partial charge >= 0.3 is 0 Å². The first-order valence-corrected chi connectivity index (χ1v) is 11.3. The average Bonchev–Trinajstić information content (AvgIpc) is 2.84. The smallest absolute Gasteiger partial charge is 0.207 e. The van der Waals surface area contributed by atoms with Gasteiger partial charge in [-0.3, -0.25) is 0 Å². The van der Waals surface area contributed by atoms with Crippen LogP contribution in [0, 0.1) is 11.3 Å². The highest BCUT2D eigenvalue weighted by molar-refractivity contribution is 7.95. The first-order valence-electron chi connectivity index (χ1n) is 9.78. The molecule has 4 rings (SSSR count). The number of benzene rings is 3. The molecule has 160 valence electrons. The summed E-state index contributed by atoms with van der Waals surface area (Å²) in [4.78, 5) is 0.0478. The summed E-state index contributed by atoms with van der Waals surface area (Å²) in [6.07, 6.45) is 0. The number of nitriles is 1. The number of sulfone groups is 1. The van der Waals surface area contributed by atoms with Gasteiger partial charge in [0.15, 0.2) is 5.76 Å².